The second-order valence-corrected chi connectivity index (χ2v) is 6.85. The molecule has 0 bridgehead atoms. The van der Waals surface area contributed by atoms with Gasteiger partial charge in [0.2, 0.25) is 0 Å². The third-order valence-electron chi connectivity index (χ3n) is 4.81. The Kier molecular flexibility index (Phi) is 5.34. The van der Waals surface area contributed by atoms with Crippen molar-refractivity contribution in [1.82, 2.24) is 30.3 Å². The molecule has 1 saturated heterocycles. The predicted molar refractivity (Wildman–Crippen MR) is 101 cm³/mol. The van der Waals surface area contributed by atoms with E-state index in [0.29, 0.717) is 25.9 Å². The van der Waals surface area contributed by atoms with Gasteiger partial charge in [0, 0.05) is 25.2 Å². The average Bonchev–Trinajstić information content (AvgIpc) is 3.25. The minimum atomic E-state index is -4.51. The quantitative estimate of drug-likeness (QED) is 0.702. The van der Waals surface area contributed by atoms with Crippen LogP contribution in [-0.2, 0) is 6.18 Å². The Bertz CT molecular complexity index is 1010. The SMILES string of the molecule is O=C(NC1CCN(c2cc(C(F)(F)F)ncn2)CC1)c1cnn(-c2ccccc2)n1. The van der Waals surface area contributed by atoms with Crippen molar-refractivity contribution in [3.8, 4) is 5.69 Å². The third kappa shape index (κ3) is 4.39. The molecule has 156 valence electrons. The van der Waals surface area contributed by atoms with Crippen LogP contribution in [0.25, 0.3) is 5.69 Å². The maximum absolute atomic E-state index is 12.8. The highest BCUT2D eigenvalue weighted by molar-refractivity contribution is 5.92. The molecular formula is C19H18F3N7O. The van der Waals surface area contributed by atoms with Gasteiger partial charge in [0.05, 0.1) is 11.9 Å². The second-order valence-electron chi connectivity index (χ2n) is 6.85. The van der Waals surface area contributed by atoms with Gasteiger partial charge in [-0.3, -0.25) is 4.79 Å². The van der Waals surface area contributed by atoms with Crippen LogP contribution in [0.15, 0.2) is 48.9 Å². The molecule has 1 N–H and O–H groups in total. The van der Waals surface area contributed by atoms with Crippen molar-refractivity contribution in [2.75, 3.05) is 18.0 Å². The van der Waals surface area contributed by atoms with E-state index in [-0.39, 0.29) is 23.5 Å². The van der Waals surface area contributed by atoms with Crippen molar-refractivity contribution in [2.45, 2.75) is 25.1 Å². The predicted octanol–water partition coefficient (Wildman–Crippen LogP) is 2.47. The number of hydrogen-bond donors (Lipinski definition) is 1. The molecule has 30 heavy (non-hydrogen) atoms. The summed E-state index contributed by atoms with van der Waals surface area (Å²) in [4.78, 5) is 22.8. The van der Waals surface area contributed by atoms with Crippen LogP contribution in [0.2, 0.25) is 0 Å². The van der Waals surface area contributed by atoms with Gasteiger partial charge in [0.15, 0.2) is 5.69 Å². The summed E-state index contributed by atoms with van der Waals surface area (Å²) in [6.07, 6.45) is -1.05. The number of amides is 1. The fourth-order valence-corrected chi connectivity index (χ4v) is 3.24. The molecule has 0 atom stereocenters. The third-order valence-corrected chi connectivity index (χ3v) is 4.81. The first-order valence-electron chi connectivity index (χ1n) is 9.33. The van der Waals surface area contributed by atoms with Crippen LogP contribution in [0, 0.1) is 0 Å². The Morgan fingerprint density at radius 1 is 1.10 bits per heavy atom. The number of carbonyl (C=O) groups excluding carboxylic acids is 1. The van der Waals surface area contributed by atoms with E-state index in [1.807, 2.05) is 30.3 Å². The van der Waals surface area contributed by atoms with Gasteiger partial charge < -0.3 is 10.2 Å². The number of benzene rings is 1. The highest BCUT2D eigenvalue weighted by atomic mass is 19.4. The van der Waals surface area contributed by atoms with Gasteiger partial charge in [-0.2, -0.15) is 23.1 Å². The summed E-state index contributed by atoms with van der Waals surface area (Å²) >= 11 is 0. The van der Waals surface area contributed by atoms with Crippen molar-refractivity contribution in [1.29, 1.82) is 0 Å². The minimum Gasteiger partial charge on any atom is -0.356 e. The smallest absolute Gasteiger partial charge is 0.356 e. The van der Waals surface area contributed by atoms with Gasteiger partial charge in [0.25, 0.3) is 5.91 Å². The number of para-hydroxylation sites is 1. The van der Waals surface area contributed by atoms with E-state index in [9.17, 15) is 18.0 Å². The average molecular weight is 417 g/mol. The highest BCUT2D eigenvalue weighted by Crippen LogP contribution is 2.29. The molecule has 0 spiro atoms. The van der Waals surface area contributed by atoms with Crippen LogP contribution in [0.1, 0.15) is 29.0 Å². The normalized spacial score (nSPS) is 15.2. The number of piperidine rings is 1. The second kappa shape index (κ2) is 8.09. The molecule has 1 aliphatic heterocycles. The van der Waals surface area contributed by atoms with E-state index >= 15 is 0 Å². The van der Waals surface area contributed by atoms with Crippen LogP contribution < -0.4 is 10.2 Å². The fraction of sp³-hybridized carbons (Fsp3) is 0.316. The molecule has 11 heteroatoms. The van der Waals surface area contributed by atoms with Crippen LogP contribution in [0.4, 0.5) is 19.0 Å². The van der Waals surface area contributed by atoms with Crippen molar-refractivity contribution in [3.05, 3.63) is 60.3 Å². The number of halogens is 3. The molecule has 1 aliphatic rings. The van der Waals surface area contributed by atoms with Crippen molar-refractivity contribution in [2.24, 2.45) is 0 Å². The fourth-order valence-electron chi connectivity index (χ4n) is 3.24. The number of hydrogen-bond acceptors (Lipinski definition) is 6. The molecule has 0 unspecified atom stereocenters. The van der Waals surface area contributed by atoms with Gasteiger partial charge >= 0.3 is 6.18 Å². The summed E-state index contributed by atoms with van der Waals surface area (Å²) < 4.78 is 38.5. The lowest BCUT2D eigenvalue weighted by atomic mass is 10.0. The summed E-state index contributed by atoms with van der Waals surface area (Å²) in [7, 11) is 0. The Morgan fingerprint density at radius 3 is 2.53 bits per heavy atom. The van der Waals surface area contributed by atoms with E-state index in [1.165, 1.54) is 11.0 Å². The summed E-state index contributed by atoms with van der Waals surface area (Å²) in [5.41, 5.74) is -0.0238. The molecule has 3 heterocycles. The van der Waals surface area contributed by atoms with E-state index in [0.717, 1.165) is 18.1 Å². The summed E-state index contributed by atoms with van der Waals surface area (Å²) in [6.45, 7) is 0.936. The molecule has 1 aromatic carbocycles. The maximum Gasteiger partial charge on any atom is 0.433 e. The number of nitrogens with zero attached hydrogens (tertiary/aromatic N) is 6. The zero-order valence-electron chi connectivity index (χ0n) is 15.8. The lowest BCUT2D eigenvalue weighted by Gasteiger charge is -2.33. The van der Waals surface area contributed by atoms with Gasteiger partial charge in [-0.25, -0.2) is 9.97 Å². The Balaban J connectivity index is 1.34. The lowest BCUT2D eigenvalue weighted by Crippen LogP contribution is -2.45. The molecule has 1 fully saturated rings. The van der Waals surface area contributed by atoms with Crippen molar-refractivity contribution < 1.29 is 18.0 Å². The van der Waals surface area contributed by atoms with Crippen molar-refractivity contribution >= 4 is 11.7 Å². The van der Waals surface area contributed by atoms with E-state index in [2.05, 4.69) is 25.5 Å². The molecule has 3 aromatic rings. The maximum atomic E-state index is 12.8. The molecule has 0 radical (unpaired) electrons. The number of nitrogens with one attached hydrogen (secondary N) is 1. The van der Waals surface area contributed by atoms with Gasteiger partial charge in [-0.15, -0.1) is 5.10 Å². The Morgan fingerprint density at radius 2 is 1.83 bits per heavy atom. The summed E-state index contributed by atoms with van der Waals surface area (Å²) in [6, 6.07) is 10.1. The number of rotatable bonds is 4. The molecular weight excluding hydrogens is 399 g/mol. The molecule has 4 rings (SSSR count). The Hall–Kier alpha value is -3.50. The lowest BCUT2D eigenvalue weighted by molar-refractivity contribution is -0.141. The Labute approximate surface area is 169 Å². The highest BCUT2D eigenvalue weighted by Gasteiger charge is 2.33. The topological polar surface area (TPSA) is 88.8 Å². The van der Waals surface area contributed by atoms with Crippen LogP contribution in [-0.4, -0.2) is 50.0 Å². The first-order chi connectivity index (χ1) is 14.4. The number of carbonyl (C=O) groups is 1. The monoisotopic (exact) mass is 417 g/mol. The summed E-state index contributed by atoms with van der Waals surface area (Å²) in [5, 5.41) is 11.2. The van der Waals surface area contributed by atoms with E-state index < -0.39 is 11.9 Å². The number of alkyl halides is 3. The largest absolute Gasteiger partial charge is 0.433 e. The number of anilines is 1. The van der Waals surface area contributed by atoms with E-state index in [4.69, 9.17) is 0 Å². The first kappa shape index (κ1) is 19.8. The molecule has 8 nitrogen and oxygen atoms in total. The van der Waals surface area contributed by atoms with Gasteiger partial charge in [0.1, 0.15) is 17.8 Å². The first-order valence-corrected chi connectivity index (χ1v) is 9.33. The zero-order valence-corrected chi connectivity index (χ0v) is 15.8. The standard InChI is InChI=1S/C19H18F3N7O/c20-19(21,22)16-10-17(24-12-23-16)28-8-6-13(7-9-28)26-18(30)15-11-25-29(27-15)14-4-2-1-3-5-14/h1-5,10-13H,6-9H2,(H,26,30). The summed E-state index contributed by atoms with van der Waals surface area (Å²) in [5.74, 6) is -0.107. The number of aromatic nitrogens is 5. The van der Waals surface area contributed by atoms with Crippen LogP contribution >= 0.6 is 0 Å². The van der Waals surface area contributed by atoms with Gasteiger partial charge in [-0.05, 0) is 25.0 Å². The van der Waals surface area contributed by atoms with Crippen molar-refractivity contribution in [3.63, 3.8) is 0 Å². The molecule has 1 amide bonds. The van der Waals surface area contributed by atoms with Crippen LogP contribution in [0.5, 0.6) is 0 Å². The molecule has 2 aromatic heterocycles. The minimum absolute atomic E-state index is 0.112. The van der Waals surface area contributed by atoms with Crippen LogP contribution in [0.3, 0.4) is 0 Å². The van der Waals surface area contributed by atoms with E-state index in [1.54, 1.807) is 4.90 Å². The molecule has 0 saturated carbocycles. The molecule has 0 aliphatic carbocycles. The zero-order chi connectivity index (χ0) is 21.1. The van der Waals surface area contributed by atoms with Gasteiger partial charge in [-0.1, -0.05) is 18.2 Å².